The number of nitrogens with one attached hydrogen (secondary N) is 1. The van der Waals surface area contributed by atoms with Crippen LogP contribution in [0.4, 0.5) is 0 Å². The number of hydrogen-bond acceptors (Lipinski definition) is 3. The molecule has 16 heavy (non-hydrogen) atoms. The van der Waals surface area contributed by atoms with Crippen molar-refractivity contribution in [2.45, 2.75) is 39.2 Å². The van der Waals surface area contributed by atoms with E-state index in [9.17, 15) is 5.26 Å². The van der Waals surface area contributed by atoms with Crippen molar-refractivity contribution in [3.63, 3.8) is 0 Å². The molecule has 0 heterocycles. The maximum atomic E-state index is 9.36. The maximum absolute atomic E-state index is 9.36. The highest BCUT2D eigenvalue weighted by atomic mass is 15.1. The van der Waals surface area contributed by atoms with Crippen molar-refractivity contribution in [2.24, 2.45) is 16.4 Å². The van der Waals surface area contributed by atoms with Crippen LogP contribution in [0.5, 0.6) is 0 Å². The van der Waals surface area contributed by atoms with E-state index in [-0.39, 0.29) is 5.41 Å². The van der Waals surface area contributed by atoms with E-state index in [2.05, 4.69) is 42.2 Å². The smallest absolute Gasteiger partial charge is 0.109 e. The summed E-state index contributed by atoms with van der Waals surface area (Å²) in [4.78, 5) is 2.70. The highest BCUT2D eigenvalue weighted by molar-refractivity contribution is 5.16. The summed E-state index contributed by atoms with van der Waals surface area (Å²) in [6.45, 7) is 7.46. The molecule has 0 aromatic carbocycles. The van der Waals surface area contributed by atoms with E-state index >= 15 is 0 Å². The lowest BCUT2D eigenvalue weighted by molar-refractivity contribution is 0.324. The van der Waals surface area contributed by atoms with E-state index in [0.717, 1.165) is 12.8 Å². The second-order valence-electron chi connectivity index (χ2n) is 5.41. The van der Waals surface area contributed by atoms with Crippen LogP contribution in [0.1, 0.15) is 33.6 Å². The average molecular weight is 221 g/mol. The summed E-state index contributed by atoms with van der Waals surface area (Å²) < 4.78 is 0. The lowest BCUT2D eigenvalue weighted by Crippen LogP contribution is -2.47. The molecule has 2 unspecified atom stereocenters. The predicted molar refractivity (Wildman–Crippen MR) is 62.5 cm³/mol. The first kappa shape index (κ1) is 12.8. The summed E-state index contributed by atoms with van der Waals surface area (Å²) in [6.07, 6.45) is 1.91. The fourth-order valence-electron chi connectivity index (χ4n) is 2.80. The Labute approximate surface area is 96.5 Å². The van der Waals surface area contributed by atoms with Crippen LogP contribution in [-0.4, -0.2) is 18.6 Å². The number of azide groups is 1. The van der Waals surface area contributed by atoms with Gasteiger partial charge in [0.2, 0.25) is 0 Å². The van der Waals surface area contributed by atoms with Gasteiger partial charge in [-0.25, -0.2) is 0 Å². The SMILES string of the molecule is CC1CC(C)(C)CC1(C#N)NCCN=[N+]=[N-]. The van der Waals surface area contributed by atoms with Crippen molar-refractivity contribution in [1.29, 1.82) is 5.26 Å². The van der Waals surface area contributed by atoms with Crippen LogP contribution in [0.25, 0.3) is 10.4 Å². The van der Waals surface area contributed by atoms with Gasteiger partial charge in [-0.15, -0.1) is 0 Å². The molecule has 0 aromatic rings. The fraction of sp³-hybridized carbons (Fsp3) is 0.909. The Morgan fingerprint density at radius 3 is 2.75 bits per heavy atom. The van der Waals surface area contributed by atoms with E-state index in [1.165, 1.54) is 0 Å². The van der Waals surface area contributed by atoms with E-state index < -0.39 is 5.54 Å². The molecule has 5 nitrogen and oxygen atoms in total. The van der Waals surface area contributed by atoms with Crippen LogP contribution in [0.15, 0.2) is 5.11 Å². The number of hydrogen-bond donors (Lipinski definition) is 1. The molecule has 0 aliphatic heterocycles. The van der Waals surface area contributed by atoms with Gasteiger partial charge in [-0.05, 0) is 29.7 Å². The highest BCUT2D eigenvalue weighted by Gasteiger charge is 2.48. The van der Waals surface area contributed by atoms with E-state index in [1.807, 2.05) is 0 Å². The van der Waals surface area contributed by atoms with Gasteiger partial charge in [-0.3, -0.25) is 5.32 Å². The molecule has 5 heteroatoms. The Kier molecular flexibility index (Phi) is 3.79. The molecule has 1 rings (SSSR count). The Morgan fingerprint density at radius 1 is 1.62 bits per heavy atom. The van der Waals surface area contributed by atoms with E-state index in [4.69, 9.17) is 5.53 Å². The average Bonchev–Trinajstić information content (AvgIpc) is 2.44. The first-order valence-corrected chi connectivity index (χ1v) is 5.63. The Balaban J connectivity index is 2.65. The molecule has 0 bridgehead atoms. The molecule has 0 spiro atoms. The number of nitrogens with zero attached hydrogens (tertiary/aromatic N) is 4. The number of nitriles is 1. The van der Waals surface area contributed by atoms with Gasteiger partial charge in [-0.2, -0.15) is 5.26 Å². The van der Waals surface area contributed by atoms with Gasteiger partial charge in [-0.1, -0.05) is 25.9 Å². The molecule has 1 fully saturated rings. The summed E-state index contributed by atoms with van der Waals surface area (Å²) in [6, 6.07) is 2.41. The third-order valence-corrected chi connectivity index (χ3v) is 3.37. The molecule has 1 saturated carbocycles. The van der Waals surface area contributed by atoms with Crippen LogP contribution in [-0.2, 0) is 0 Å². The van der Waals surface area contributed by atoms with E-state index in [1.54, 1.807) is 0 Å². The summed E-state index contributed by atoms with van der Waals surface area (Å²) in [5, 5.41) is 16.1. The molecule has 0 amide bonds. The van der Waals surface area contributed by atoms with Gasteiger partial charge in [0.1, 0.15) is 5.54 Å². The van der Waals surface area contributed by atoms with Crippen LogP contribution >= 0.6 is 0 Å². The molecule has 1 aliphatic carbocycles. The van der Waals surface area contributed by atoms with Crippen molar-refractivity contribution < 1.29 is 0 Å². The topological polar surface area (TPSA) is 84.6 Å². The summed E-state index contributed by atoms with van der Waals surface area (Å²) in [5.41, 5.74) is 7.94. The van der Waals surface area contributed by atoms with Gasteiger partial charge in [0, 0.05) is 18.0 Å². The van der Waals surface area contributed by atoms with Crippen LogP contribution in [0.2, 0.25) is 0 Å². The first-order valence-electron chi connectivity index (χ1n) is 5.63. The second-order valence-corrected chi connectivity index (χ2v) is 5.41. The quantitative estimate of drug-likeness (QED) is 0.342. The lowest BCUT2D eigenvalue weighted by atomic mass is 9.87. The zero-order chi connectivity index (χ0) is 12.2. The Morgan fingerprint density at radius 2 is 2.31 bits per heavy atom. The lowest BCUT2D eigenvalue weighted by Gasteiger charge is -2.28. The minimum atomic E-state index is -0.450. The zero-order valence-electron chi connectivity index (χ0n) is 10.2. The summed E-state index contributed by atoms with van der Waals surface area (Å²) in [5.74, 6) is 0.332. The Hall–Kier alpha value is -1.24. The standard InChI is InChI=1S/C11H19N5/c1-9-6-10(2,3)7-11(9,8-12)14-4-5-15-16-13/h9,14H,4-7H2,1-3H3. The molecule has 0 aromatic heterocycles. The van der Waals surface area contributed by atoms with Gasteiger partial charge in [0.15, 0.2) is 0 Å². The third kappa shape index (κ3) is 2.66. The van der Waals surface area contributed by atoms with Crippen molar-refractivity contribution >= 4 is 0 Å². The first-order chi connectivity index (χ1) is 7.46. The van der Waals surface area contributed by atoms with Gasteiger partial charge >= 0.3 is 0 Å². The Bertz CT molecular complexity index is 337. The normalized spacial score (nSPS) is 31.8. The molecule has 2 atom stereocenters. The number of rotatable bonds is 4. The minimum Gasteiger partial charge on any atom is -0.299 e. The van der Waals surface area contributed by atoms with Crippen LogP contribution in [0.3, 0.4) is 0 Å². The monoisotopic (exact) mass is 221 g/mol. The highest BCUT2D eigenvalue weighted by Crippen LogP contribution is 2.46. The summed E-state index contributed by atoms with van der Waals surface area (Å²) >= 11 is 0. The van der Waals surface area contributed by atoms with Gasteiger partial charge < -0.3 is 0 Å². The predicted octanol–water partition coefficient (Wildman–Crippen LogP) is 2.60. The molecular formula is C11H19N5. The third-order valence-electron chi connectivity index (χ3n) is 3.37. The molecule has 0 radical (unpaired) electrons. The minimum absolute atomic E-state index is 0.209. The zero-order valence-corrected chi connectivity index (χ0v) is 10.2. The van der Waals surface area contributed by atoms with Crippen LogP contribution < -0.4 is 5.32 Å². The molecule has 88 valence electrons. The van der Waals surface area contributed by atoms with Gasteiger partial charge in [0.05, 0.1) is 6.07 Å². The van der Waals surface area contributed by atoms with Crippen LogP contribution in [0, 0.1) is 22.7 Å². The van der Waals surface area contributed by atoms with E-state index in [0.29, 0.717) is 19.0 Å². The largest absolute Gasteiger partial charge is 0.299 e. The van der Waals surface area contributed by atoms with Gasteiger partial charge in [0.25, 0.3) is 0 Å². The summed E-state index contributed by atoms with van der Waals surface area (Å²) in [7, 11) is 0. The van der Waals surface area contributed by atoms with Crippen molar-refractivity contribution in [1.82, 2.24) is 5.32 Å². The molecular weight excluding hydrogens is 202 g/mol. The molecule has 0 saturated heterocycles. The van der Waals surface area contributed by atoms with Crippen molar-refractivity contribution in [3.8, 4) is 6.07 Å². The second kappa shape index (κ2) is 4.73. The fourth-order valence-corrected chi connectivity index (χ4v) is 2.80. The maximum Gasteiger partial charge on any atom is 0.109 e. The molecule has 1 N–H and O–H groups in total. The van der Waals surface area contributed by atoms with Crippen molar-refractivity contribution in [2.75, 3.05) is 13.1 Å². The molecule has 1 aliphatic rings. The van der Waals surface area contributed by atoms with Crippen molar-refractivity contribution in [3.05, 3.63) is 10.4 Å².